The van der Waals surface area contributed by atoms with Crippen molar-refractivity contribution >= 4 is 18.3 Å². The highest BCUT2D eigenvalue weighted by Crippen LogP contribution is 2.05. The largest absolute Gasteiger partial charge is 0.350 e. The molecule has 0 aliphatic heterocycles. The fraction of sp³-hybridized carbons (Fsp3) is 0.417. The molecule has 0 radical (unpaired) electrons. The van der Waals surface area contributed by atoms with E-state index in [1.54, 1.807) is 12.1 Å². The van der Waals surface area contributed by atoms with Crippen molar-refractivity contribution in [1.29, 1.82) is 0 Å². The normalized spacial score (nSPS) is 11.5. The number of carbonyl (C=O) groups excluding carboxylic acids is 1. The minimum atomic E-state index is -0.490. The third-order valence-electron chi connectivity index (χ3n) is 2.24. The van der Waals surface area contributed by atoms with Crippen molar-refractivity contribution in [1.82, 2.24) is 10.6 Å². The van der Waals surface area contributed by atoms with Crippen LogP contribution >= 0.6 is 12.4 Å². The topological polar surface area (TPSA) is 41.1 Å². The molecule has 5 heteroatoms. The van der Waals surface area contributed by atoms with Gasteiger partial charge >= 0.3 is 0 Å². The van der Waals surface area contributed by atoms with E-state index in [4.69, 9.17) is 0 Å². The summed E-state index contributed by atoms with van der Waals surface area (Å²) in [5, 5.41) is 5.84. The second-order valence-electron chi connectivity index (χ2n) is 3.65. The maximum atomic E-state index is 13.2. The van der Waals surface area contributed by atoms with Crippen molar-refractivity contribution in [2.24, 2.45) is 0 Å². The van der Waals surface area contributed by atoms with Crippen LogP contribution in [-0.4, -0.2) is 25.0 Å². The molecule has 0 spiro atoms. The average Bonchev–Trinajstić information content (AvgIpc) is 2.27. The van der Waals surface area contributed by atoms with E-state index >= 15 is 0 Å². The first-order valence-corrected chi connectivity index (χ1v) is 5.41. The van der Waals surface area contributed by atoms with Crippen LogP contribution < -0.4 is 10.6 Å². The number of hydrogen-bond acceptors (Lipinski definition) is 2. The van der Waals surface area contributed by atoms with Crippen LogP contribution in [0.5, 0.6) is 0 Å². The Morgan fingerprint density at radius 3 is 2.65 bits per heavy atom. The predicted octanol–water partition coefficient (Wildman–Crippen LogP) is 1.98. The summed E-state index contributed by atoms with van der Waals surface area (Å²) in [5.74, 6) is -0.862. The third-order valence-corrected chi connectivity index (χ3v) is 2.24. The zero-order valence-corrected chi connectivity index (χ0v) is 10.8. The van der Waals surface area contributed by atoms with Gasteiger partial charge in [-0.05, 0) is 25.6 Å². The molecule has 17 heavy (non-hydrogen) atoms. The fourth-order valence-electron chi connectivity index (χ4n) is 1.41. The number of amides is 1. The molecule has 1 rings (SSSR count). The van der Waals surface area contributed by atoms with E-state index in [0.717, 1.165) is 6.54 Å². The Morgan fingerprint density at radius 1 is 1.41 bits per heavy atom. The molecule has 0 heterocycles. The smallest absolute Gasteiger partial charge is 0.254 e. The Kier molecular flexibility index (Phi) is 7.50. The van der Waals surface area contributed by atoms with Crippen LogP contribution in [0.25, 0.3) is 0 Å². The van der Waals surface area contributed by atoms with E-state index in [-0.39, 0.29) is 29.9 Å². The van der Waals surface area contributed by atoms with Crippen LogP contribution in [0, 0.1) is 5.82 Å². The molecule has 0 aliphatic carbocycles. The molecule has 0 saturated carbocycles. The van der Waals surface area contributed by atoms with Gasteiger partial charge in [0, 0.05) is 12.6 Å². The molecule has 1 amide bonds. The zero-order chi connectivity index (χ0) is 12.0. The number of likely N-dealkylation sites (N-methyl/N-ethyl adjacent to an activating group) is 1. The summed E-state index contributed by atoms with van der Waals surface area (Å²) in [6.07, 6.45) is 0. The van der Waals surface area contributed by atoms with E-state index in [2.05, 4.69) is 10.6 Å². The summed E-state index contributed by atoms with van der Waals surface area (Å²) in [6, 6.07) is 6.14. The zero-order valence-electron chi connectivity index (χ0n) is 10.00. The number of halogens is 2. The Hall–Kier alpha value is -1.13. The maximum Gasteiger partial charge on any atom is 0.254 e. The van der Waals surface area contributed by atoms with E-state index in [0.29, 0.717) is 6.54 Å². The highest BCUT2D eigenvalue weighted by molar-refractivity contribution is 5.94. The van der Waals surface area contributed by atoms with Gasteiger partial charge in [-0.25, -0.2) is 4.39 Å². The highest BCUT2D eigenvalue weighted by atomic mass is 35.5. The van der Waals surface area contributed by atoms with Crippen molar-refractivity contribution in [3.8, 4) is 0 Å². The maximum absolute atomic E-state index is 13.2. The summed E-state index contributed by atoms with van der Waals surface area (Å²) >= 11 is 0. The van der Waals surface area contributed by atoms with Crippen LogP contribution in [0.3, 0.4) is 0 Å². The predicted molar refractivity (Wildman–Crippen MR) is 69.1 cm³/mol. The molecule has 0 saturated heterocycles. The molecular weight excluding hydrogens is 243 g/mol. The minimum Gasteiger partial charge on any atom is -0.350 e. The van der Waals surface area contributed by atoms with Crippen LogP contribution in [0.15, 0.2) is 24.3 Å². The van der Waals surface area contributed by atoms with E-state index in [1.165, 1.54) is 12.1 Å². The quantitative estimate of drug-likeness (QED) is 0.850. The number of hydrogen-bond donors (Lipinski definition) is 2. The number of rotatable bonds is 5. The first kappa shape index (κ1) is 15.9. The van der Waals surface area contributed by atoms with Gasteiger partial charge in [0.2, 0.25) is 0 Å². The van der Waals surface area contributed by atoms with Crippen molar-refractivity contribution in [2.45, 2.75) is 19.9 Å². The molecule has 1 aromatic carbocycles. The van der Waals surface area contributed by atoms with Crippen molar-refractivity contribution in [3.63, 3.8) is 0 Å². The average molecular weight is 261 g/mol. The molecule has 0 unspecified atom stereocenters. The van der Waals surface area contributed by atoms with Gasteiger partial charge in [-0.1, -0.05) is 19.1 Å². The van der Waals surface area contributed by atoms with Gasteiger partial charge in [-0.3, -0.25) is 4.79 Å². The SMILES string of the molecule is CCN[C@H](C)CNC(=O)c1ccccc1F.Cl. The lowest BCUT2D eigenvalue weighted by molar-refractivity contribution is 0.0946. The summed E-state index contributed by atoms with van der Waals surface area (Å²) in [5.41, 5.74) is 0.0891. The molecule has 1 atom stereocenters. The van der Waals surface area contributed by atoms with Crippen LogP contribution in [-0.2, 0) is 0 Å². The molecule has 2 N–H and O–H groups in total. The summed E-state index contributed by atoms with van der Waals surface area (Å²) in [4.78, 5) is 11.6. The van der Waals surface area contributed by atoms with Crippen LogP contribution in [0.2, 0.25) is 0 Å². The Labute approximate surface area is 107 Å². The first-order valence-electron chi connectivity index (χ1n) is 5.41. The molecule has 0 fully saturated rings. The van der Waals surface area contributed by atoms with E-state index in [9.17, 15) is 9.18 Å². The minimum absolute atomic E-state index is 0. The number of benzene rings is 1. The van der Waals surface area contributed by atoms with Crippen LogP contribution in [0.1, 0.15) is 24.2 Å². The lowest BCUT2D eigenvalue weighted by Crippen LogP contribution is -2.39. The van der Waals surface area contributed by atoms with Gasteiger partial charge in [0.05, 0.1) is 5.56 Å². The molecule has 96 valence electrons. The lowest BCUT2D eigenvalue weighted by atomic mass is 10.2. The molecule has 1 aromatic rings. The Morgan fingerprint density at radius 2 is 2.06 bits per heavy atom. The summed E-state index contributed by atoms with van der Waals surface area (Å²) < 4.78 is 13.2. The Balaban J connectivity index is 0.00000256. The van der Waals surface area contributed by atoms with Gasteiger partial charge in [0.25, 0.3) is 5.91 Å². The van der Waals surface area contributed by atoms with Gasteiger partial charge < -0.3 is 10.6 Å². The van der Waals surface area contributed by atoms with Crippen molar-refractivity contribution in [2.75, 3.05) is 13.1 Å². The van der Waals surface area contributed by atoms with Gasteiger partial charge in [0.1, 0.15) is 5.82 Å². The van der Waals surface area contributed by atoms with Crippen LogP contribution in [0.4, 0.5) is 4.39 Å². The first-order chi connectivity index (χ1) is 7.65. The van der Waals surface area contributed by atoms with Crippen molar-refractivity contribution < 1.29 is 9.18 Å². The standard InChI is InChI=1S/C12H17FN2O.ClH/c1-3-14-9(2)8-15-12(16)10-6-4-5-7-11(10)13;/h4-7,9,14H,3,8H2,1-2H3,(H,15,16);1H/t9-;/m1./s1. The van der Waals surface area contributed by atoms with Gasteiger partial charge in [0.15, 0.2) is 0 Å². The molecular formula is C12H18ClFN2O. The van der Waals surface area contributed by atoms with E-state index < -0.39 is 5.82 Å². The van der Waals surface area contributed by atoms with Gasteiger partial charge in [-0.2, -0.15) is 0 Å². The van der Waals surface area contributed by atoms with E-state index in [1.807, 2.05) is 13.8 Å². The number of nitrogens with one attached hydrogen (secondary N) is 2. The highest BCUT2D eigenvalue weighted by Gasteiger charge is 2.10. The molecule has 0 aromatic heterocycles. The molecule has 0 bridgehead atoms. The monoisotopic (exact) mass is 260 g/mol. The summed E-state index contributed by atoms with van der Waals surface area (Å²) in [6.45, 7) is 5.29. The van der Waals surface area contributed by atoms with Crippen molar-refractivity contribution in [3.05, 3.63) is 35.6 Å². The fourth-order valence-corrected chi connectivity index (χ4v) is 1.41. The summed E-state index contributed by atoms with van der Waals surface area (Å²) in [7, 11) is 0. The van der Waals surface area contributed by atoms with Gasteiger partial charge in [-0.15, -0.1) is 12.4 Å². The second-order valence-corrected chi connectivity index (χ2v) is 3.65. The molecule has 3 nitrogen and oxygen atoms in total. The Bertz CT molecular complexity index is 360. The molecule has 0 aliphatic rings. The second kappa shape index (κ2) is 8.03. The third kappa shape index (κ3) is 5.15. The number of carbonyl (C=O) groups is 1. The lowest BCUT2D eigenvalue weighted by Gasteiger charge is -2.13.